The fourth-order valence-corrected chi connectivity index (χ4v) is 2.14. The van der Waals surface area contributed by atoms with Gasteiger partial charge in [-0.2, -0.15) is 5.10 Å². The van der Waals surface area contributed by atoms with E-state index in [4.69, 9.17) is 4.43 Å². The lowest BCUT2D eigenvalue weighted by atomic mass is 10.2. The van der Waals surface area contributed by atoms with E-state index in [1.807, 2.05) is 0 Å². The van der Waals surface area contributed by atoms with Gasteiger partial charge in [0, 0.05) is 7.05 Å². The van der Waals surface area contributed by atoms with Crippen molar-refractivity contribution in [2.75, 3.05) is 0 Å². The molecule has 0 aliphatic rings. The summed E-state index contributed by atoms with van der Waals surface area (Å²) in [5.41, 5.74) is 1.40. The van der Waals surface area contributed by atoms with Crippen LogP contribution in [0.3, 0.4) is 0 Å². The maximum Gasteiger partial charge on any atom is 0.192 e. The molecular weight excluding hydrogens is 232 g/mol. The minimum Gasteiger partial charge on any atom is -0.411 e. The van der Waals surface area contributed by atoms with Crippen LogP contribution in [0, 0.1) is 0 Å². The molecule has 17 heavy (non-hydrogen) atoms. The molecule has 96 valence electrons. The lowest BCUT2D eigenvalue weighted by molar-refractivity contribution is 0.111. The van der Waals surface area contributed by atoms with Crippen LogP contribution < -0.4 is 0 Å². The highest BCUT2D eigenvalue weighted by molar-refractivity contribution is 6.74. The molecule has 0 aromatic carbocycles. The van der Waals surface area contributed by atoms with Gasteiger partial charge < -0.3 is 4.43 Å². The smallest absolute Gasteiger partial charge is 0.192 e. The molecule has 0 unspecified atom stereocenters. The third kappa shape index (κ3) is 3.26. The summed E-state index contributed by atoms with van der Waals surface area (Å²) in [6.07, 6.45) is 0.808. The monoisotopic (exact) mass is 254 g/mol. The van der Waals surface area contributed by atoms with Crippen molar-refractivity contribution in [3.63, 3.8) is 0 Å². The van der Waals surface area contributed by atoms with E-state index in [1.165, 1.54) is 0 Å². The summed E-state index contributed by atoms with van der Waals surface area (Å²) in [5, 5.41) is 4.44. The normalized spacial score (nSPS) is 12.8. The van der Waals surface area contributed by atoms with E-state index in [9.17, 15) is 4.79 Å². The maximum absolute atomic E-state index is 10.7. The predicted octanol–water partition coefficient (Wildman–Crippen LogP) is 2.75. The SMILES string of the molecule is Cn1nc(CO[Si](C)(C)C(C)(C)C)cc1C=O. The Bertz CT molecular complexity index is 405. The predicted molar refractivity (Wildman–Crippen MR) is 70.6 cm³/mol. The van der Waals surface area contributed by atoms with E-state index >= 15 is 0 Å². The second-order valence-corrected chi connectivity index (χ2v) is 10.7. The van der Waals surface area contributed by atoms with Gasteiger partial charge >= 0.3 is 0 Å². The van der Waals surface area contributed by atoms with Crippen LogP contribution in [0.2, 0.25) is 18.1 Å². The summed E-state index contributed by atoms with van der Waals surface area (Å²) < 4.78 is 7.62. The highest BCUT2D eigenvalue weighted by Gasteiger charge is 2.37. The third-order valence-electron chi connectivity index (χ3n) is 3.47. The van der Waals surface area contributed by atoms with E-state index in [0.717, 1.165) is 12.0 Å². The number of rotatable bonds is 4. The largest absolute Gasteiger partial charge is 0.411 e. The first-order chi connectivity index (χ1) is 7.67. The van der Waals surface area contributed by atoms with Crippen molar-refractivity contribution in [2.45, 2.75) is 45.5 Å². The Morgan fingerprint density at radius 2 is 2.06 bits per heavy atom. The maximum atomic E-state index is 10.7. The van der Waals surface area contributed by atoms with Crippen molar-refractivity contribution in [1.82, 2.24) is 9.78 Å². The van der Waals surface area contributed by atoms with Gasteiger partial charge in [0.2, 0.25) is 0 Å². The van der Waals surface area contributed by atoms with E-state index < -0.39 is 8.32 Å². The molecule has 0 saturated heterocycles. The molecule has 0 spiro atoms. The van der Waals surface area contributed by atoms with Gasteiger partial charge in [-0.25, -0.2) is 0 Å². The lowest BCUT2D eigenvalue weighted by Gasteiger charge is -2.35. The Hall–Kier alpha value is -0.943. The fraction of sp³-hybridized carbons (Fsp3) is 0.667. The quantitative estimate of drug-likeness (QED) is 0.613. The zero-order chi connectivity index (χ0) is 13.3. The average molecular weight is 254 g/mol. The second kappa shape index (κ2) is 4.74. The van der Waals surface area contributed by atoms with Crippen LogP contribution >= 0.6 is 0 Å². The van der Waals surface area contributed by atoms with Crippen molar-refractivity contribution in [3.8, 4) is 0 Å². The summed E-state index contributed by atoms with van der Waals surface area (Å²) in [6.45, 7) is 11.5. The molecule has 0 saturated carbocycles. The highest BCUT2D eigenvalue weighted by atomic mass is 28.4. The van der Waals surface area contributed by atoms with Crippen molar-refractivity contribution in [3.05, 3.63) is 17.5 Å². The number of aldehydes is 1. The molecule has 0 N–H and O–H groups in total. The first kappa shape index (κ1) is 14.1. The van der Waals surface area contributed by atoms with Crippen LogP contribution in [-0.4, -0.2) is 24.4 Å². The number of aryl methyl sites for hydroxylation is 1. The summed E-state index contributed by atoms with van der Waals surface area (Å²) >= 11 is 0. The number of hydrogen-bond donors (Lipinski definition) is 0. The van der Waals surface area contributed by atoms with Gasteiger partial charge in [-0.15, -0.1) is 0 Å². The highest BCUT2D eigenvalue weighted by Crippen LogP contribution is 2.36. The molecule has 4 nitrogen and oxygen atoms in total. The Balaban J connectivity index is 2.70. The fourth-order valence-electron chi connectivity index (χ4n) is 1.20. The van der Waals surface area contributed by atoms with Gasteiger partial charge in [0.05, 0.1) is 12.3 Å². The van der Waals surface area contributed by atoms with Gasteiger partial charge in [0.25, 0.3) is 0 Å². The van der Waals surface area contributed by atoms with Gasteiger partial charge in [0.1, 0.15) is 5.69 Å². The summed E-state index contributed by atoms with van der Waals surface area (Å²) in [6, 6.07) is 1.78. The van der Waals surface area contributed by atoms with Gasteiger partial charge in [-0.1, -0.05) is 20.8 Å². The Morgan fingerprint density at radius 3 is 2.47 bits per heavy atom. The van der Waals surface area contributed by atoms with E-state index in [2.05, 4.69) is 39.0 Å². The van der Waals surface area contributed by atoms with E-state index in [0.29, 0.717) is 12.3 Å². The van der Waals surface area contributed by atoms with E-state index in [1.54, 1.807) is 17.8 Å². The Morgan fingerprint density at radius 1 is 1.47 bits per heavy atom. The van der Waals surface area contributed by atoms with Gasteiger partial charge in [-0.05, 0) is 24.2 Å². The van der Waals surface area contributed by atoms with Crippen molar-refractivity contribution < 1.29 is 9.22 Å². The number of carbonyl (C=O) groups excluding carboxylic acids is 1. The Kier molecular flexibility index (Phi) is 3.94. The zero-order valence-electron chi connectivity index (χ0n) is 11.6. The molecule has 0 radical (unpaired) electrons. The van der Waals surface area contributed by atoms with Gasteiger partial charge in [0.15, 0.2) is 14.6 Å². The molecule has 1 rings (SSSR count). The number of carbonyl (C=O) groups is 1. The van der Waals surface area contributed by atoms with Crippen molar-refractivity contribution >= 4 is 14.6 Å². The number of nitrogens with zero attached hydrogens (tertiary/aromatic N) is 2. The van der Waals surface area contributed by atoms with Crippen LogP contribution in [0.5, 0.6) is 0 Å². The average Bonchev–Trinajstić information content (AvgIpc) is 2.54. The molecule has 0 aliphatic carbocycles. The molecule has 0 bridgehead atoms. The van der Waals surface area contributed by atoms with Gasteiger partial charge in [-0.3, -0.25) is 9.48 Å². The molecule has 1 aromatic heterocycles. The van der Waals surface area contributed by atoms with Crippen molar-refractivity contribution in [1.29, 1.82) is 0 Å². The summed E-state index contributed by atoms with van der Waals surface area (Å²) in [7, 11) is 0.0199. The van der Waals surface area contributed by atoms with Crippen LogP contribution in [-0.2, 0) is 18.1 Å². The first-order valence-electron chi connectivity index (χ1n) is 5.79. The molecule has 5 heteroatoms. The van der Waals surface area contributed by atoms with Crippen LogP contribution in [0.25, 0.3) is 0 Å². The van der Waals surface area contributed by atoms with Crippen molar-refractivity contribution in [2.24, 2.45) is 7.05 Å². The van der Waals surface area contributed by atoms with E-state index in [-0.39, 0.29) is 5.04 Å². The molecule has 0 atom stereocenters. The Labute approximate surface area is 104 Å². The number of aromatic nitrogens is 2. The molecule has 1 aromatic rings. The molecule has 1 heterocycles. The first-order valence-corrected chi connectivity index (χ1v) is 8.70. The minimum atomic E-state index is -1.74. The standard InChI is InChI=1S/C12H22N2O2Si/c1-12(2,3)17(5,6)16-9-10-7-11(8-15)14(4)13-10/h7-8H,9H2,1-6H3. The molecule has 0 aliphatic heterocycles. The lowest BCUT2D eigenvalue weighted by Crippen LogP contribution is -2.40. The van der Waals surface area contributed by atoms with Crippen LogP contribution in [0.1, 0.15) is 37.0 Å². The topological polar surface area (TPSA) is 44.1 Å². The molecular formula is C12H22N2O2Si. The molecule has 0 fully saturated rings. The van der Waals surface area contributed by atoms with Crippen LogP contribution in [0.4, 0.5) is 0 Å². The van der Waals surface area contributed by atoms with Crippen LogP contribution in [0.15, 0.2) is 6.07 Å². The minimum absolute atomic E-state index is 0.190. The number of hydrogen-bond acceptors (Lipinski definition) is 3. The second-order valence-electron chi connectivity index (χ2n) is 5.85. The third-order valence-corrected chi connectivity index (χ3v) is 7.95. The summed E-state index contributed by atoms with van der Waals surface area (Å²) in [5.74, 6) is 0. The zero-order valence-corrected chi connectivity index (χ0v) is 12.6. The molecule has 0 amide bonds. The summed E-state index contributed by atoms with van der Waals surface area (Å²) in [4.78, 5) is 10.7.